The first-order valence-electron chi connectivity index (χ1n) is 11.6. The quantitative estimate of drug-likeness (QED) is 0.463. The number of likely N-dealkylation sites (tertiary alicyclic amines) is 1. The maximum atomic E-state index is 14.9. The van der Waals surface area contributed by atoms with Gasteiger partial charge >= 0.3 is 0 Å². The van der Waals surface area contributed by atoms with Gasteiger partial charge in [0.25, 0.3) is 0 Å². The normalized spacial score (nSPS) is 18.1. The van der Waals surface area contributed by atoms with E-state index in [9.17, 15) is 19.0 Å². The summed E-state index contributed by atoms with van der Waals surface area (Å²) in [6.07, 6.45) is -0.555. The third kappa shape index (κ3) is 4.56. The topological polar surface area (TPSA) is 62.2 Å². The van der Waals surface area contributed by atoms with Gasteiger partial charge in [0.05, 0.1) is 12.2 Å². The van der Waals surface area contributed by atoms with Crippen molar-refractivity contribution in [3.63, 3.8) is 0 Å². The molecule has 1 fully saturated rings. The second kappa shape index (κ2) is 9.58. The van der Waals surface area contributed by atoms with Crippen molar-refractivity contribution in [2.24, 2.45) is 5.92 Å². The maximum Gasteiger partial charge on any atom is 0.176 e. The highest BCUT2D eigenvalue weighted by Crippen LogP contribution is 2.49. The minimum absolute atomic E-state index is 0.0903. The van der Waals surface area contributed by atoms with E-state index < -0.39 is 17.7 Å². The number of halogens is 2. The van der Waals surface area contributed by atoms with Crippen LogP contribution < -0.4 is 9.47 Å². The molecule has 2 heterocycles. The van der Waals surface area contributed by atoms with Gasteiger partial charge < -0.3 is 19.7 Å². The average Bonchev–Trinajstić information content (AvgIpc) is 2.83. The summed E-state index contributed by atoms with van der Waals surface area (Å²) < 4.78 is 39.6. The zero-order valence-electron chi connectivity index (χ0n) is 19.4. The average molecular weight is 480 g/mol. The lowest BCUT2D eigenvalue weighted by molar-refractivity contribution is 0.0668. The lowest BCUT2D eigenvalue weighted by Gasteiger charge is -2.37. The summed E-state index contributed by atoms with van der Waals surface area (Å²) in [7, 11) is 0. The van der Waals surface area contributed by atoms with Crippen molar-refractivity contribution in [2.45, 2.75) is 13.0 Å². The predicted molar refractivity (Wildman–Crippen MR) is 130 cm³/mol. The van der Waals surface area contributed by atoms with Crippen molar-refractivity contribution < 1.29 is 28.5 Å². The zero-order valence-corrected chi connectivity index (χ0v) is 19.4. The predicted octanol–water partition coefficient (Wildman–Crippen LogP) is 5.58. The number of phenolic OH excluding ortho intramolecular Hbond substituents is 2. The van der Waals surface area contributed by atoms with Gasteiger partial charge in [0.1, 0.15) is 30.0 Å². The zero-order chi connectivity index (χ0) is 24.5. The van der Waals surface area contributed by atoms with Gasteiger partial charge in [0.15, 0.2) is 11.6 Å². The van der Waals surface area contributed by atoms with Crippen LogP contribution in [0.25, 0.3) is 11.1 Å². The fraction of sp³-hybridized carbons (Fsp3) is 0.286. The summed E-state index contributed by atoms with van der Waals surface area (Å²) >= 11 is 0. The van der Waals surface area contributed by atoms with Crippen LogP contribution in [0.2, 0.25) is 0 Å². The summed E-state index contributed by atoms with van der Waals surface area (Å²) in [4.78, 5) is 2.16. The first-order chi connectivity index (χ1) is 16.9. The van der Waals surface area contributed by atoms with Gasteiger partial charge in [-0.3, -0.25) is 9.29 Å². The van der Waals surface area contributed by atoms with E-state index in [1.54, 1.807) is 31.2 Å². The van der Waals surface area contributed by atoms with Gasteiger partial charge in [-0.1, -0.05) is 24.3 Å². The van der Waals surface area contributed by atoms with Crippen molar-refractivity contribution in [1.82, 2.24) is 4.90 Å². The highest BCUT2D eigenvalue weighted by Gasteiger charge is 2.32. The van der Waals surface area contributed by atoms with Gasteiger partial charge in [0, 0.05) is 31.1 Å². The van der Waals surface area contributed by atoms with E-state index in [1.165, 1.54) is 6.07 Å². The minimum Gasteiger partial charge on any atom is -0.508 e. The molecule has 3 aromatic carbocycles. The third-order valence-corrected chi connectivity index (χ3v) is 6.64. The Balaban J connectivity index is 1.41. The largest absolute Gasteiger partial charge is 0.508 e. The summed E-state index contributed by atoms with van der Waals surface area (Å²) in [6.45, 7) is 4.35. The van der Waals surface area contributed by atoms with Crippen LogP contribution in [0.1, 0.15) is 29.7 Å². The Morgan fingerprint density at radius 2 is 1.83 bits per heavy atom. The smallest absolute Gasteiger partial charge is 0.176 e. The number of phenols is 2. The van der Waals surface area contributed by atoms with Crippen molar-refractivity contribution in [2.75, 3.05) is 32.9 Å². The Labute approximate surface area is 202 Å². The van der Waals surface area contributed by atoms with Gasteiger partial charge in [0.2, 0.25) is 0 Å². The van der Waals surface area contributed by atoms with Crippen molar-refractivity contribution in [3.8, 4) is 23.0 Å². The summed E-state index contributed by atoms with van der Waals surface area (Å²) in [5.74, 6) is 0.119. The highest BCUT2D eigenvalue weighted by molar-refractivity contribution is 5.96. The van der Waals surface area contributed by atoms with Crippen molar-refractivity contribution in [1.29, 1.82) is 0 Å². The van der Waals surface area contributed by atoms with Crippen LogP contribution in [0.5, 0.6) is 23.0 Å². The molecule has 0 unspecified atom stereocenters. The number of alkyl halides is 1. The Hall–Kier alpha value is -3.58. The first kappa shape index (κ1) is 23.2. The molecule has 182 valence electrons. The van der Waals surface area contributed by atoms with Gasteiger partial charge in [-0.25, -0.2) is 4.39 Å². The monoisotopic (exact) mass is 479 g/mol. The number of rotatable bonds is 7. The Bertz CT molecular complexity index is 1250. The number of ether oxygens (including phenoxy) is 2. The molecule has 2 aliphatic rings. The Morgan fingerprint density at radius 3 is 2.54 bits per heavy atom. The molecule has 3 aromatic rings. The molecule has 5 rings (SSSR count). The molecule has 0 saturated carbocycles. The SMILES string of the molecule is CC1=C(c2cccc(O)c2)[C@@H](c2ccc(OCCN3CC(CF)C3)cc2)Oc2ccc(O)c(F)c21. The molecule has 35 heavy (non-hydrogen) atoms. The lowest BCUT2D eigenvalue weighted by Crippen LogP contribution is -2.49. The fourth-order valence-corrected chi connectivity index (χ4v) is 4.78. The van der Waals surface area contributed by atoms with Crippen LogP contribution in [-0.4, -0.2) is 48.0 Å². The van der Waals surface area contributed by atoms with Crippen molar-refractivity contribution in [3.05, 3.63) is 83.2 Å². The summed E-state index contributed by atoms with van der Waals surface area (Å²) in [5, 5.41) is 20.0. The molecular weight excluding hydrogens is 452 g/mol. The second-order valence-electron chi connectivity index (χ2n) is 9.06. The lowest BCUT2D eigenvalue weighted by atomic mass is 9.86. The minimum atomic E-state index is -0.736. The molecule has 2 N–H and O–H groups in total. The molecule has 5 nitrogen and oxygen atoms in total. The Morgan fingerprint density at radius 1 is 1.06 bits per heavy atom. The molecule has 2 aliphatic heterocycles. The summed E-state index contributed by atoms with van der Waals surface area (Å²) in [5.41, 5.74) is 3.06. The molecular formula is C28H27F2NO4. The number of hydrogen-bond acceptors (Lipinski definition) is 5. The van der Waals surface area contributed by atoms with Crippen LogP contribution in [-0.2, 0) is 0 Å². The van der Waals surface area contributed by atoms with Gasteiger partial charge in [-0.05, 0) is 60.0 Å². The molecule has 0 amide bonds. The highest BCUT2D eigenvalue weighted by atomic mass is 19.1. The van der Waals surface area contributed by atoms with E-state index in [0.29, 0.717) is 34.8 Å². The maximum absolute atomic E-state index is 14.9. The van der Waals surface area contributed by atoms with Gasteiger partial charge in [-0.2, -0.15) is 0 Å². The van der Waals surface area contributed by atoms with Crippen LogP contribution in [0.3, 0.4) is 0 Å². The van der Waals surface area contributed by atoms with Crippen LogP contribution >= 0.6 is 0 Å². The number of fused-ring (bicyclic) bond motifs is 1. The van der Waals surface area contributed by atoms with E-state index in [4.69, 9.17) is 9.47 Å². The molecule has 0 aliphatic carbocycles. The second-order valence-corrected chi connectivity index (χ2v) is 9.06. The van der Waals surface area contributed by atoms with Crippen LogP contribution in [0, 0.1) is 11.7 Å². The van der Waals surface area contributed by atoms with Gasteiger partial charge in [-0.15, -0.1) is 0 Å². The molecule has 0 bridgehead atoms. The number of nitrogens with zero attached hydrogens (tertiary/aromatic N) is 1. The van der Waals surface area contributed by atoms with Crippen LogP contribution in [0.4, 0.5) is 8.78 Å². The van der Waals surface area contributed by atoms with Crippen LogP contribution in [0.15, 0.2) is 60.7 Å². The standard InChI is InChI=1S/C28H27F2NO4/c1-17-25(20-3-2-4-21(32)13-20)28(35-24-10-9-23(33)27(30)26(17)24)19-5-7-22(8-6-19)34-12-11-31-15-18(14-29)16-31/h2-10,13,18,28,32-33H,11-12,14-16H2,1H3/t28-/m1/s1. The Kier molecular flexibility index (Phi) is 6.34. The van der Waals surface area contributed by atoms with Crippen molar-refractivity contribution >= 4 is 11.1 Å². The van der Waals surface area contributed by atoms with E-state index >= 15 is 0 Å². The van der Waals surface area contributed by atoms with E-state index in [2.05, 4.69) is 4.90 Å². The summed E-state index contributed by atoms with van der Waals surface area (Å²) in [6, 6.07) is 17.1. The van der Waals surface area contributed by atoms with E-state index in [0.717, 1.165) is 25.2 Å². The molecule has 1 atom stereocenters. The molecule has 1 saturated heterocycles. The number of hydrogen-bond donors (Lipinski definition) is 2. The number of benzene rings is 3. The van der Waals surface area contributed by atoms with E-state index in [1.807, 2.05) is 30.3 Å². The molecule has 0 radical (unpaired) electrons. The fourth-order valence-electron chi connectivity index (χ4n) is 4.78. The number of allylic oxidation sites excluding steroid dienone is 1. The number of aromatic hydroxyl groups is 2. The first-order valence-corrected chi connectivity index (χ1v) is 11.6. The third-order valence-electron chi connectivity index (χ3n) is 6.64. The molecule has 0 spiro atoms. The molecule has 7 heteroatoms. The van der Waals surface area contributed by atoms with E-state index in [-0.39, 0.29) is 23.9 Å². The molecule has 0 aromatic heterocycles.